The van der Waals surface area contributed by atoms with Crippen LogP contribution in [-0.4, -0.2) is 15.0 Å². The summed E-state index contributed by atoms with van der Waals surface area (Å²) >= 11 is 7.11. The lowest BCUT2D eigenvalue weighted by molar-refractivity contribution is 0.592. The molecule has 0 bridgehead atoms. The highest BCUT2D eigenvalue weighted by Gasteiger charge is 2.31. The van der Waals surface area contributed by atoms with Gasteiger partial charge in [0.25, 0.3) is 10.0 Å². The SMILES string of the molecule is O=S(=O)(c1csc(CCl)c1)N1CCc2ccccc21. The summed E-state index contributed by atoms with van der Waals surface area (Å²) in [6, 6.07) is 9.29. The molecule has 1 aromatic carbocycles. The third kappa shape index (κ3) is 2.16. The molecule has 0 amide bonds. The number of anilines is 1. The van der Waals surface area contributed by atoms with E-state index in [2.05, 4.69) is 0 Å². The van der Waals surface area contributed by atoms with E-state index in [0.717, 1.165) is 22.5 Å². The van der Waals surface area contributed by atoms with Crippen molar-refractivity contribution in [1.82, 2.24) is 0 Å². The van der Waals surface area contributed by atoms with Crippen molar-refractivity contribution in [1.29, 1.82) is 0 Å². The largest absolute Gasteiger partial charge is 0.266 e. The van der Waals surface area contributed by atoms with Crippen molar-refractivity contribution in [3.8, 4) is 0 Å². The number of fused-ring (bicyclic) bond motifs is 1. The number of hydrogen-bond acceptors (Lipinski definition) is 3. The molecule has 1 aliphatic rings. The first kappa shape index (κ1) is 13.0. The number of para-hydroxylation sites is 1. The Morgan fingerprint density at radius 3 is 2.84 bits per heavy atom. The van der Waals surface area contributed by atoms with Crippen molar-refractivity contribution >= 4 is 38.6 Å². The fraction of sp³-hybridized carbons (Fsp3) is 0.231. The van der Waals surface area contributed by atoms with E-state index in [1.165, 1.54) is 15.6 Å². The van der Waals surface area contributed by atoms with Gasteiger partial charge in [-0.05, 0) is 24.1 Å². The van der Waals surface area contributed by atoms with Crippen LogP contribution in [0, 0.1) is 0 Å². The topological polar surface area (TPSA) is 37.4 Å². The zero-order valence-corrected chi connectivity index (χ0v) is 12.4. The number of nitrogens with zero attached hydrogens (tertiary/aromatic N) is 1. The van der Waals surface area contributed by atoms with Crippen LogP contribution in [0.25, 0.3) is 0 Å². The van der Waals surface area contributed by atoms with E-state index >= 15 is 0 Å². The molecular formula is C13H12ClNO2S2. The number of hydrogen-bond donors (Lipinski definition) is 0. The van der Waals surface area contributed by atoms with Crippen LogP contribution < -0.4 is 4.31 Å². The quantitative estimate of drug-likeness (QED) is 0.816. The Balaban J connectivity index is 2.03. The highest BCUT2D eigenvalue weighted by Crippen LogP contribution is 2.33. The van der Waals surface area contributed by atoms with Gasteiger partial charge in [-0.2, -0.15) is 0 Å². The number of thiophene rings is 1. The molecule has 100 valence electrons. The minimum absolute atomic E-state index is 0.338. The number of benzene rings is 1. The predicted octanol–water partition coefficient (Wildman–Crippen LogP) is 3.24. The summed E-state index contributed by atoms with van der Waals surface area (Å²) in [6.45, 7) is 0.508. The van der Waals surface area contributed by atoms with Gasteiger partial charge in [-0.25, -0.2) is 8.42 Å². The van der Waals surface area contributed by atoms with Gasteiger partial charge >= 0.3 is 0 Å². The lowest BCUT2D eigenvalue weighted by Crippen LogP contribution is -2.28. The fourth-order valence-electron chi connectivity index (χ4n) is 2.25. The molecule has 19 heavy (non-hydrogen) atoms. The van der Waals surface area contributed by atoms with Crippen molar-refractivity contribution in [2.24, 2.45) is 0 Å². The molecule has 0 atom stereocenters. The summed E-state index contributed by atoms with van der Waals surface area (Å²) in [4.78, 5) is 1.21. The van der Waals surface area contributed by atoms with Crippen LogP contribution in [0.3, 0.4) is 0 Å². The first-order chi connectivity index (χ1) is 9.13. The van der Waals surface area contributed by atoms with E-state index in [9.17, 15) is 8.42 Å². The van der Waals surface area contributed by atoms with Gasteiger partial charge in [-0.1, -0.05) is 18.2 Å². The Bertz CT molecular complexity index is 709. The maximum Gasteiger partial charge on any atom is 0.265 e. The van der Waals surface area contributed by atoms with E-state index in [-0.39, 0.29) is 0 Å². The van der Waals surface area contributed by atoms with Gasteiger partial charge in [0.15, 0.2) is 0 Å². The summed E-state index contributed by atoms with van der Waals surface area (Å²) < 4.78 is 26.7. The van der Waals surface area contributed by atoms with Crippen LogP contribution >= 0.6 is 22.9 Å². The Labute approximate surface area is 121 Å². The van der Waals surface area contributed by atoms with Gasteiger partial charge in [-0.15, -0.1) is 22.9 Å². The van der Waals surface area contributed by atoms with Crippen molar-refractivity contribution in [2.75, 3.05) is 10.8 Å². The van der Waals surface area contributed by atoms with Crippen LogP contribution in [0.2, 0.25) is 0 Å². The monoisotopic (exact) mass is 313 g/mol. The number of halogens is 1. The normalized spacial score (nSPS) is 14.7. The summed E-state index contributed by atoms with van der Waals surface area (Å²) in [5, 5.41) is 1.66. The van der Waals surface area contributed by atoms with Gasteiger partial charge in [0, 0.05) is 16.8 Å². The van der Waals surface area contributed by atoms with Gasteiger partial charge in [0.1, 0.15) is 0 Å². The average Bonchev–Trinajstić information content (AvgIpc) is 3.06. The molecule has 0 saturated heterocycles. The Kier molecular flexibility index (Phi) is 3.28. The van der Waals surface area contributed by atoms with E-state index in [0.29, 0.717) is 17.3 Å². The fourth-order valence-corrected chi connectivity index (χ4v) is 5.13. The molecule has 3 rings (SSSR count). The minimum Gasteiger partial charge on any atom is -0.266 e. The van der Waals surface area contributed by atoms with Gasteiger partial charge in [0.05, 0.1) is 16.5 Å². The second-order valence-corrected chi connectivity index (χ2v) is 7.46. The van der Waals surface area contributed by atoms with Crippen LogP contribution in [0.1, 0.15) is 10.4 Å². The molecular weight excluding hydrogens is 302 g/mol. The van der Waals surface area contributed by atoms with Crippen molar-refractivity contribution in [2.45, 2.75) is 17.2 Å². The first-order valence-corrected chi connectivity index (χ1v) is 8.72. The summed E-state index contributed by atoms with van der Waals surface area (Å²) in [5.74, 6) is 0.344. The van der Waals surface area contributed by atoms with Gasteiger partial charge in [0.2, 0.25) is 0 Å². The van der Waals surface area contributed by atoms with E-state index in [4.69, 9.17) is 11.6 Å². The number of sulfonamides is 1. The molecule has 2 aromatic rings. The zero-order chi connectivity index (χ0) is 13.5. The molecule has 2 heterocycles. The van der Waals surface area contributed by atoms with Crippen LogP contribution in [0.4, 0.5) is 5.69 Å². The van der Waals surface area contributed by atoms with Gasteiger partial charge in [-0.3, -0.25) is 4.31 Å². The molecule has 0 unspecified atom stereocenters. The molecule has 1 aromatic heterocycles. The van der Waals surface area contributed by atoms with E-state index in [1.807, 2.05) is 24.3 Å². The molecule has 1 aliphatic heterocycles. The third-order valence-corrected chi connectivity index (χ3v) is 6.52. The number of alkyl halides is 1. The van der Waals surface area contributed by atoms with E-state index in [1.54, 1.807) is 11.4 Å². The third-order valence-electron chi connectivity index (χ3n) is 3.19. The standard InChI is InChI=1S/C13H12ClNO2S2/c14-8-11-7-12(9-18-11)19(16,17)15-6-5-10-3-1-2-4-13(10)15/h1-4,7,9H,5-6,8H2. The summed E-state index contributed by atoms with van der Waals surface area (Å²) in [5.41, 5.74) is 1.87. The van der Waals surface area contributed by atoms with Crippen LogP contribution in [0.15, 0.2) is 40.6 Å². The first-order valence-electron chi connectivity index (χ1n) is 5.87. The lowest BCUT2D eigenvalue weighted by atomic mass is 10.2. The molecule has 3 nitrogen and oxygen atoms in total. The second kappa shape index (κ2) is 4.81. The smallest absolute Gasteiger partial charge is 0.265 e. The molecule has 0 aliphatic carbocycles. The zero-order valence-electron chi connectivity index (χ0n) is 10.0. The highest BCUT2D eigenvalue weighted by molar-refractivity contribution is 7.93. The maximum absolute atomic E-state index is 12.6. The van der Waals surface area contributed by atoms with Crippen LogP contribution in [-0.2, 0) is 22.3 Å². The van der Waals surface area contributed by atoms with Crippen molar-refractivity contribution in [3.63, 3.8) is 0 Å². The lowest BCUT2D eigenvalue weighted by Gasteiger charge is -2.18. The molecule has 0 N–H and O–H groups in total. The van der Waals surface area contributed by atoms with Crippen LogP contribution in [0.5, 0.6) is 0 Å². The predicted molar refractivity (Wildman–Crippen MR) is 78.6 cm³/mol. The summed E-state index contributed by atoms with van der Waals surface area (Å²) in [6.07, 6.45) is 0.766. The maximum atomic E-state index is 12.6. The van der Waals surface area contributed by atoms with Gasteiger partial charge < -0.3 is 0 Å². The van der Waals surface area contributed by atoms with Crippen molar-refractivity contribution < 1.29 is 8.42 Å². The molecule has 0 spiro atoms. The van der Waals surface area contributed by atoms with E-state index < -0.39 is 10.0 Å². The Morgan fingerprint density at radius 1 is 1.32 bits per heavy atom. The molecule has 0 saturated carbocycles. The minimum atomic E-state index is -3.46. The highest BCUT2D eigenvalue weighted by atomic mass is 35.5. The molecule has 0 radical (unpaired) electrons. The second-order valence-electron chi connectivity index (χ2n) is 4.34. The Morgan fingerprint density at radius 2 is 2.11 bits per heavy atom. The Hall–Kier alpha value is -1.04. The molecule has 0 fully saturated rings. The van der Waals surface area contributed by atoms with Crippen molar-refractivity contribution in [3.05, 3.63) is 46.2 Å². The average molecular weight is 314 g/mol. The summed E-state index contributed by atoms with van der Waals surface area (Å²) in [7, 11) is -3.46. The number of rotatable bonds is 3. The molecule has 6 heteroatoms.